The molecule has 1 amide bonds. The van der Waals surface area contributed by atoms with Gasteiger partial charge >= 0.3 is 0 Å². The summed E-state index contributed by atoms with van der Waals surface area (Å²) in [5.41, 5.74) is 7.63. The summed E-state index contributed by atoms with van der Waals surface area (Å²) < 4.78 is 5.23. The van der Waals surface area contributed by atoms with E-state index in [-0.39, 0.29) is 18.3 Å². The lowest BCUT2D eigenvalue weighted by atomic mass is 9.90. The zero-order valence-electron chi connectivity index (χ0n) is 11.1. The highest BCUT2D eigenvalue weighted by molar-refractivity contribution is 5.86. The van der Waals surface area contributed by atoms with Gasteiger partial charge in [-0.3, -0.25) is 4.79 Å². The molecule has 0 bridgehead atoms. The molecule has 1 saturated heterocycles. The van der Waals surface area contributed by atoms with Crippen molar-refractivity contribution in [3.8, 4) is 0 Å². The molecule has 2 rings (SSSR count). The molecule has 1 aromatic rings. The van der Waals surface area contributed by atoms with E-state index in [9.17, 15) is 4.79 Å². The van der Waals surface area contributed by atoms with Gasteiger partial charge in [-0.25, -0.2) is 0 Å². The predicted molar refractivity (Wildman–Crippen MR) is 77.2 cm³/mol. The van der Waals surface area contributed by atoms with Gasteiger partial charge in [-0.15, -0.1) is 12.4 Å². The fourth-order valence-electron chi connectivity index (χ4n) is 2.14. The molecular weight excluding hydrogens is 264 g/mol. The highest BCUT2D eigenvalue weighted by Gasteiger charge is 2.35. The Morgan fingerprint density at radius 2 is 2.11 bits per heavy atom. The molecule has 0 atom stereocenters. The van der Waals surface area contributed by atoms with E-state index in [1.807, 2.05) is 25.1 Å². The molecule has 19 heavy (non-hydrogen) atoms. The van der Waals surface area contributed by atoms with Crippen molar-refractivity contribution in [3.63, 3.8) is 0 Å². The van der Waals surface area contributed by atoms with E-state index < -0.39 is 5.54 Å². The summed E-state index contributed by atoms with van der Waals surface area (Å²) >= 11 is 0. The van der Waals surface area contributed by atoms with Crippen LogP contribution >= 0.6 is 12.4 Å². The van der Waals surface area contributed by atoms with Gasteiger partial charge in [0.1, 0.15) is 0 Å². The number of carbonyl (C=O) groups excluding carboxylic acids is 1. The minimum absolute atomic E-state index is 0. The van der Waals surface area contributed by atoms with Gasteiger partial charge in [-0.05, 0) is 25.3 Å². The first-order chi connectivity index (χ1) is 8.60. The Hall–Kier alpha value is -1.10. The average molecular weight is 285 g/mol. The Balaban J connectivity index is 0.00000180. The summed E-state index contributed by atoms with van der Waals surface area (Å²) in [4.78, 5) is 12.1. The molecule has 0 unspecified atom stereocenters. The van der Waals surface area contributed by atoms with Crippen LogP contribution in [0, 0.1) is 6.92 Å². The van der Waals surface area contributed by atoms with Gasteiger partial charge < -0.3 is 15.8 Å². The van der Waals surface area contributed by atoms with Crippen LogP contribution < -0.4 is 11.1 Å². The number of carbonyl (C=O) groups is 1. The Kier molecular flexibility index (Phi) is 5.79. The Labute approximate surface area is 120 Å². The second-order valence-electron chi connectivity index (χ2n) is 4.94. The lowest BCUT2D eigenvalue weighted by Crippen LogP contribution is -2.56. The maximum Gasteiger partial charge on any atom is 0.240 e. The van der Waals surface area contributed by atoms with Gasteiger partial charge in [0.05, 0.1) is 5.54 Å². The van der Waals surface area contributed by atoms with Gasteiger partial charge in [0, 0.05) is 19.8 Å². The number of nitrogens with one attached hydrogen (secondary N) is 1. The summed E-state index contributed by atoms with van der Waals surface area (Å²) in [6, 6.07) is 8.09. The van der Waals surface area contributed by atoms with E-state index >= 15 is 0 Å². The smallest absolute Gasteiger partial charge is 0.240 e. The van der Waals surface area contributed by atoms with Gasteiger partial charge in [0.15, 0.2) is 0 Å². The molecule has 106 valence electrons. The summed E-state index contributed by atoms with van der Waals surface area (Å²) in [6.45, 7) is 3.69. The molecule has 1 heterocycles. The van der Waals surface area contributed by atoms with Crippen LogP contribution in [-0.2, 0) is 16.1 Å². The van der Waals surface area contributed by atoms with Crippen molar-refractivity contribution in [3.05, 3.63) is 35.4 Å². The van der Waals surface area contributed by atoms with E-state index in [2.05, 4.69) is 11.4 Å². The standard InChI is InChI=1S/C14H20N2O2.ClH/c1-11-3-2-4-12(9-11)10-16-13(17)14(15)5-7-18-8-6-14;/h2-4,9H,5-8,10,15H2,1H3,(H,16,17);1H. The van der Waals surface area contributed by atoms with Gasteiger partial charge in [0.25, 0.3) is 0 Å². The number of rotatable bonds is 3. The number of nitrogens with two attached hydrogens (primary N) is 1. The quantitative estimate of drug-likeness (QED) is 0.885. The molecule has 0 radical (unpaired) electrons. The number of aryl methyl sites for hydroxylation is 1. The van der Waals surface area contributed by atoms with Crippen LogP contribution in [0.15, 0.2) is 24.3 Å². The highest BCUT2D eigenvalue weighted by atomic mass is 35.5. The lowest BCUT2D eigenvalue weighted by Gasteiger charge is -2.31. The number of ether oxygens (including phenoxy) is 1. The molecule has 0 aromatic heterocycles. The third-order valence-electron chi connectivity index (χ3n) is 3.37. The maximum absolute atomic E-state index is 12.1. The van der Waals surface area contributed by atoms with E-state index in [0.29, 0.717) is 32.6 Å². The number of amides is 1. The zero-order chi connectivity index (χ0) is 13.0. The molecule has 1 fully saturated rings. The molecule has 5 heteroatoms. The third kappa shape index (κ3) is 4.20. The molecule has 0 aliphatic carbocycles. The molecule has 0 spiro atoms. The minimum atomic E-state index is -0.762. The van der Waals surface area contributed by atoms with Crippen LogP contribution in [0.4, 0.5) is 0 Å². The number of hydrogen-bond acceptors (Lipinski definition) is 3. The van der Waals surface area contributed by atoms with Crippen LogP contribution in [0.25, 0.3) is 0 Å². The topological polar surface area (TPSA) is 64.4 Å². The van der Waals surface area contributed by atoms with E-state index in [4.69, 9.17) is 10.5 Å². The van der Waals surface area contributed by atoms with Crippen molar-refractivity contribution < 1.29 is 9.53 Å². The van der Waals surface area contributed by atoms with Crippen LogP contribution in [0.5, 0.6) is 0 Å². The summed E-state index contributed by atoms with van der Waals surface area (Å²) in [5.74, 6) is -0.0766. The summed E-state index contributed by atoms with van der Waals surface area (Å²) in [7, 11) is 0. The normalized spacial score (nSPS) is 17.4. The van der Waals surface area contributed by atoms with Crippen LogP contribution in [0.3, 0.4) is 0 Å². The fourth-order valence-corrected chi connectivity index (χ4v) is 2.14. The van der Waals surface area contributed by atoms with Crippen molar-refractivity contribution in [1.29, 1.82) is 0 Å². The largest absolute Gasteiger partial charge is 0.381 e. The number of halogens is 1. The van der Waals surface area contributed by atoms with E-state index in [1.54, 1.807) is 0 Å². The fraction of sp³-hybridized carbons (Fsp3) is 0.500. The average Bonchev–Trinajstić information content (AvgIpc) is 2.37. The second kappa shape index (κ2) is 6.89. The van der Waals surface area contributed by atoms with Gasteiger partial charge in [0.2, 0.25) is 5.91 Å². The van der Waals surface area contributed by atoms with Crippen molar-refractivity contribution in [2.24, 2.45) is 5.73 Å². The van der Waals surface area contributed by atoms with Crippen molar-refractivity contribution >= 4 is 18.3 Å². The zero-order valence-corrected chi connectivity index (χ0v) is 12.0. The maximum atomic E-state index is 12.1. The molecule has 3 N–H and O–H groups in total. The van der Waals surface area contributed by atoms with Gasteiger partial charge in [-0.2, -0.15) is 0 Å². The van der Waals surface area contributed by atoms with Crippen molar-refractivity contribution in [1.82, 2.24) is 5.32 Å². The Morgan fingerprint density at radius 3 is 2.74 bits per heavy atom. The summed E-state index contributed by atoms with van der Waals surface area (Å²) in [5, 5.41) is 2.92. The first-order valence-electron chi connectivity index (χ1n) is 6.31. The molecular formula is C14H21ClN2O2. The molecule has 0 saturated carbocycles. The van der Waals surface area contributed by atoms with Gasteiger partial charge in [-0.1, -0.05) is 29.8 Å². The number of benzene rings is 1. The Morgan fingerprint density at radius 1 is 1.42 bits per heavy atom. The van der Waals surface area contributed by atoms with Crippen LogP contribution in [0.2, 0.25) is 0 Å². The Bertz CT molecular complexity index is 431. The van der Waals surface area contributed by atoms with Crippen LogP contribution in [-0.4, -0.2) is 24.7 Å². The van der Waals surface area contributed by atoms with E-state index in [0.717, 1.165) is 5.56 Å². The monoisotopic (exact) mass is 284 g/mol. The first-order valence-corrected chi connectivity index (χ1v) is 6.31. The molecule has 4 nitrogen and oxygen atoms in total. The molecule has 1 aliphatic heterocycles. The van der Waals surface area contributed by atoms with Crippen molar-refractivity contribution in [2.45, 2.75) is 31.8 Å². The van der Waals surface area contributed by atoms with Crippen molar-refractivity contribution in [2.75, 3.05) is 13.2 Å². The SMILES string of the molecule is Cc1cccc(CNC(=O)C2(N)CCOCC2)c1.Cl. The third-order valence-corrected chi connectivity index (χ3v) is 3.37. The predicted octanol–water partition coefficient (Wildman–Crippen LogP) is 1.54. The lowest BCUT2D eigenvalue weighted by molar-refractivity contribution is -0.129. The first kappa shape index (κ1) is 16.0. The minimum Gasteiger partial charge on any atom is -0.381 e. The number of hydrogen-bond donors (Lipinski definition) is 2. The molecule has 1 aliphatic rings. The van der Waals surface area contributed by atoms with Crippen LogP contribution in [0.1, 0.15) is 24.0 Å². The summed E-state index contributed by atoms with van der Waals surface area (Å²) in [6.07, 6.45) is 1.18. The second-order valence-corrected chi connectivity index (χ2v) is 4.94. The highest BCUT2D eigenvalue weighted by Crippen LogP contribution is 2.17. The molecule has 1 aromatic carbocycles. The van der Waals surface area contributed by atoms with E-state index in [1.165, 1.54) is 5.56 Å².